The zero-order valence-corrected chi connectivity index (χ0v) is 15.5. The molecule has 0 N–H and O–H groups in total. The van der Waals surface area contributed by atoms with Crippen LogP contribution < -0.4 is 4.90 Å². The number of carbonyl (C=O) groups is 1. The number of hydrogen-bond donors (Lipinski definition) is 0. The first-order valence-corrected chi connectivity index (χ1v) is 9.12. The maximum atomic E-state index is 14.8. The van der Waals surface area contributed by atoms with E-state index in [-0.39, 0.29) is 0 Å². The number of aromatic nitrogens is 7. The van der Waals surface area contributed by atoms with Gasteiger partial charge < -0.3 is 4.74 Å². The molecular weight excluding hydrogens is 391 g/mol. The number of pyridine rings is 1. The molecule has 4 heterocycles. The summed E-state index contributed by atoms with van der Waals surface area (Å²) in [6.45, 7) is 0.679. The number of halogens is 1. The van der Waals surface area contributed by atoms with Crippen LogP contribution in [0.25, 0.3) is 16.9 Å². The number of ether oxygens (including phenoxy) is 1. The van der Waals surface area contributed by atoms with Crippen LogP contribution in [0.2, 0.25) is 0 Å². The van der Waals surface area contributed by atoms with E-state index in [1.165, 1.54) is 15.6 Å². The van der Waals surface area contributed by atoms with E-state index in [0.29, 0.717) is 35.7 Å². The number of amides is 1. The molecule has 1 aliphatic rings. The zero-order valence-electron chi connectivity index (χ0n) is 15.5. The molecular formula is C19H15FN8O2. The van der Waals surface area contributed by atoms with Gasteiger partial charge >= 0.3 is 6.09 Å². The highest BCUT2D eigenvalue weighted by atomic mass is 19.1. The van der Waals surface area contributed by atoms with E-state index in [1.54, 1.807) is 59.9 Å². The van der Waals surface area contributed by atoms with Gasteiger partial charge in [0, 0.05) is 23.5 Å². The Labute approximate surface area is 169 Å². The molecule has 0 spiro atoms. The molecule has 0 bridgehead atoms. The van der Waals surface area contributed by atoms with E-state index >= 15 is 0 Å². The molecule has 0 saturated carbocycles. The molecule has 4 aromatic rings. The topological polar surface area (TPSA) is 104 Å². The van der Waals surface area contributed by atoms with Gasteiger partial charge in [0.15, 0.2) is 5.82 Å². The maximum Gasteiger partial charge on any atom is 0.414 e. The molecule has 0 aliphatic carbocycles. The predicted octanol–water partition coefficient (Wildman–Crippen LogP) is 2.09. The van der Waals surface area contributed by atoms with Gasteiger partial charge in [-0.2, -0.15) is 0 Å². The quantitative estimate of drug-likeness (QED) is 0.500. The second kappa shape index (κ2) is 7.35. The Morgan fingerprint density at radius 3 is 2.67 bits per heavy atom. The molecule has 11 heteroatoms. The van der Waals surface area contributed by atoms with Crippen molar-refractivity contribution in [1.29, 1.82) is 0 Å². The van der Waals surface area contributed by atoms with Gasteiger partial charge in [0.25, 0.3) is 0 Å². The fraction of sp³-hybridized carbons (Fsp3) is 0.158. The third-order valence-electron chi connectivity index (χ3n) is 4.72. The lowest BCUT2D eigenvalue weighted by Crippen LogP contribution is -2.26. The molecule has 3 aromatic heterocycles. The Kier molecular flexibility index (Phi) is 4.39. The highest BCUT2D eigenvalue weighted by molar-refractivity contribution is 5.90. The minimum absolute atomic E-state index is 0.297. The Morgan fingerprint density at radius 2 is 1.97 bits per heavy atom. The Bertz CT molecular complexity index is 1160. The largest absolute Gasteiger partial charge is 0.442 e. The van der Waals surface area contributed by atoms with E-state index in [2.05, 4.69) is 25.6 Å². The van der Waals surface area contributed by atoms with Crippen LogP contribution in [-0.4, -0.2) is 53.7 Å². The van der Waals surface area contributed by atoms with Crippen molar-refractivity contribution in [3.05, 3.63) is 67.1 Å². The summed E-state index contributed by atoms with van der Waals surface area (Å²) in [5.74, 6) is 0.113. The monoisotopic (exact) mass is 406 g/mol. The number of rotatable bonds is 5. The summed E-state index contributed by atoms with van der Waals surface area (Å²) in [5, 5.41) is 15.2. The molecule has 0 unspecified atom stereocenters. The average Bonchev–Trinajstić information content (AvgIpc) is 3.51. The van der Waals surface area contributed by atoms with Crippen molar-refractivity contribution >= 4 is 11.8 Å². The predicted molar refractivity (Wildman–Crippen MR) is 102 cm³/mol. The van der Waals surface area contributed by atoms with Gasteiger partial charge in [0.2, 0.25) is 0 Å². The van der Waals surface area contributed by atoms with Gasteiger partial charge in [0.1, 0.15) is 11.9 Å². The minimum atomic E-state index is -0.522. The SMILES string of the molecule is O=C1O[C@@H](Cn2ccnn2)CN1c1ccc(-c2ccc(-n3ccnn3)nc2)c(F)c1. The van der Waals surface area contributed by atoms with Gasteiger partial charge in [-0.05, 0) is 30.3 Å². The molecule has 1 atom stereocenters. The normalized spacial score (nSPS) is 16.1. The Balaban J connectivity index is 1.34. The summed E-state index contributed by atoms with van der Waals surface area (Å²) in [6.07, 6.45) is 7.11. The molecule has 30 heavy (non-hydrogen) atoms. The van der Waals surface area contributed by atoms with Crippen LogP contribution >= 0.6 is 0 Å². The molecule has 1 amide bonds. The summed E-state index contributed by atoms with van der Waals surface area (Å²) >= 11 is 0. The van der Waals surface area contributed by atoms with Crippen molar-refractivity contribution in [1.82, 2.24) is 35.0 Å². The smallest absolute Gasteiger partial charge is 0.414 e. The molecule has 1 saturated heterocycles. The molecule has 150 valence electrons. The second-order valence-electron chi connectivity index (χ2n) is 6.66. The van der Waals surface area contributed by atoms with Gasteiger partial charge in [0.05, 0.1) is 37.4 Å². The number of anilines is 1. The van der Waals surface area contributed by atoms with Crippen molar-refractivity contribution in [2.24, 2.45) is 0 Å². The van der Waals surface area contributed by atoms with E-state index in [0.717, 1.165) is 0 Å². The standard InChI is InChI=1S/C19H15FN8O2/c20-17-9-14(27-12-15(30-19(27)29)11-26-7-5-22-24-26)2-3-16(17)13-1-4-18(21-10-13)28-8-6-23-25-28/h1-10,15H,11-12H2/t15-/m0/s1. The summed E-state index contributed by atoms with van der Waals surface area (Å²) in [6, 6.07) is 8.10. The molecule has 1 aromatic carbocycles. The summed E-state index contributed by atoms with van der Waals surface area (Å²) in [5.41, 5.74) is 1.41. The average molecular weight is 406 g/mol. The van der Waals surface area contributed by atoms with Crippen LogP contribution in [0.1, 0.15) is 0 Å². The summed E-state index contributed by atoms with van der Waals surface area (Å²) < 4.78 is 23.3. The van der Waals surface area contributed by atoms with Crippen LogP contribution in [0.5, 0.6) is 0 Å². The van der Waals surface area contributed by atoms with Crippen LogP contribution in [0.4, 0.5) is 14.9 Å². The van der Waals surface area contributed by atoms with Gasteiger partial charge in [-0.25, -0.2) is 23.5 Å². The fourth-order valence-electron chi connectivity index (χ4n) is 3.28. The number of nitrogens with zero attached hydrogens (tertiary/aromatic N) is 8. The van der Waals surface area contributed by atoms with E-state index < -0.39 is 18.0 Å². The molecule has 1 aliphatic heterocycles. The highest BCUT2D eigenvalue weighted by Gasteiger charge is 2.33. The van der Waals surface area contributed by atoms with E-state index in [9.17, 15) is 9.18 Å². The minimum Gasteiger partial charge on any atom is -0.442 e. The van der Waals surface area contributed by atoms with E-state index in [4.69, 9.17) is 4.74 Å². The lowest BCUT2D eigenvalue weighted by molar-refractivity contribution is 0.129. The number of carbonyl (C=O) groups excluding carboxylic acids is 1. The molecule has 5 rings (SSSR count). The Morgan fingerprint density at radius 1 is 1.10 bits per heavy atom. The second-order valence-corrected chi connectivity index (χ2v) is 6.66. The van der Waals surface area contributed by atoms with Gasteiger partial charge in [-0.3, -0.25) is 4.90 Å². The lowest BCUT2D eigenvalue weighted by Gasteiger charge is -2.14. The zero-order chi connectivity index (χ0) is 20.5. The van der Waals surface area contributed by atoms with Crippen molar-refractivity contribution in [3.8, 4) is 16.9 Å². The van der Waals surface area contributed by atoms with Crippen LogP contribution in [0.3, 0.4) is 0 Å². The first-order valence-electron chi connectivity index (χ1n) is 9.12. The van der Waals surface area contributed by atoms with Crippen LogP contribution in [0.15, 0.2) is 61.3 Å². The first kappa shape index (κ1) is 17.9. The third-order valence-corrected chi connectivity index (χ3v) is 4.72. The van der Waals surface area contributed by atoms with Gasteiger partial charge in [-0.1, -0.05) is 10.4 Å². The maximum absolute atomic E-state index is 14.8. The molecule has 1 fully saturated rings. The third kappa shape index (κ3) is 3.36. The summed E-state index contributed by atoms with van der Waals surface area (Å²) in [7, 11) is 0. The Hall–Kier alpha value is -4.15. The van der Waals surface area contributed by atoms with Crippen LogP contribution in [-0.2, 0) is 11.3 Å². The summed E-state index contributed by atoms with van der Waals surface area (Å²) in [4.78, 5) is 17.9. The van der Waals surface area contributed by atoms with Crippen molar-refractivity contribution in [3.63, 3.8) is 0 Å². The number of hydrogen-bond acceptors (Lipinski definition) is 7. The van der Waals surface area contributed by atoms with Crippen LogP contribution in [0, 0.1) is 5.82 Å². The number of cyclic esters (lactones) is 1. The number of benzene rings is 1. The first-order chi connectivity index (χ1) is 14.7. The highest BCUT2D eigenvalue weighted by Crippen LogP contribution is 2.29. The van der Waals surface area contributed by atoms with Gasteiger partial charge in [-0.15, -0.1) is 10.2 Å². The molecule has 10 nitrogen and oxygen atoms in total. The van der Waals surface area contributed by atoms with Crippen molar-refractivity contribution < 1.29 is 13.9 Å². The lowest BCUT2D eigenvalue weighted by atomic mass is 10.1. The van der Waals surface area contributed by atoms with Crippen molar-refractivity contribution in [2.45, 2.75) is 12.6 Å². The van der Waals surface area contributed by atoms with E-state index in [1.807, 2.05) is 0 Å². The van der Waals surface area contributed by atoms with Crippen molar-refractivity contribution in [2.75, 3.05) is 11.4 Å². The fourth-order valence-corrected chi connectivity index (χ4v) is 3.28. The molecule has 0 radical (unpaired) electrons.